The number of hydrogen-bond acceptors (Lipinski definition) is 6. The summed E-state index contributed by atoms with van der Waals surface area (Å²) in [6.45, 7) is 0. The number of nitrogens with zero attached hydrogens (tertiary/aromatic N) is 2. The lowest BCUT2D eigenvalue weighted by Gasteiger charge is -1.99. The molecule has 0 aliphatic carbocycles. The molecule has 1 aliphatic rings. The predicted octanol–water partition coefficient (Wildman–Crippen LogP) is 2.25. The molecule has 5 nitrogen and oxygen atoms in total. The molecule has 1 aromatic rings. The van der Waals surface area contributed by atoms with Gasteiger partial charge < -0.3 is 10.1 Å². The fraction of sp³-hybridized carbons (Fsp3) is 0.200. The third kappa shape index (κ3) is 3.01. The highest BCUT2D eigenvalue weighted by Gasteiger charge is 2.28. The Morgan fingerprint density at radius 2 is 2.12 bits per heavy atom. The number of amides is 1. The number of benzene rings is 1. The Hall–Kier alpha value is -1.47. The summed E-state index contributed by atoms with van der Waals surface area (Å²) in [6, 6.07) is 7.08. The molecule has 0 spiro atoms. The van der Waals surface area contributed by atoms with Crippen LogP contribution in [0.25, 0.3) is 0 Å². The first kappa shape index (κ1) is 12.0. The van der Waals surface area contributed by atoms with Crippen LogP contribution in [-0.2, 0) is 4.79 Å². The van der Waals surface area contributed by atoms with Crippen LogP contribution in [0.4, 0.5) is 5.69 Å². The smallest absolute Gasteiger partial charge is 0.262 e. The van der Waals surface area contributed by atoms with Gasteiger partial charge in [-0.05, 0) is 24.3 Å². The zero-order chi connectivity index (χ0) is 12.3. The van der Waals surface area contributed by atoms with Gasteiger partial charge in [0.25, 0.3) is 5.91 Å². The van der Waals surface area contributed by atoms with Crippen LogP contribution in [0.5, 0.6) is 5.75 Å². The molecule has 1 unspecified atom stereocenters. The van der Waals surface area contributed by atoms with Crippen molar-refractivity contribution in [1.82, 2.24) is 5.32 Å². The first-order valence-electron chi connectivity index (χ1n) is 4.75. The minimum atomic E-state index is -0.579. The Balaban J connectivity index is 2.04. The maximum Gasteiger partial charge on any atom is 0.262 e. The van der Waals surface area contributed by atoms with Crippen molar-refractivity contribution in [1.29, 1.82) is 0 Å². The maximum atomic E-state index is 11.3. The zero-order valence-electron chi connectivity index (χ0n) is 8.91. The van der Waals surface area contributed by atoms with E-state index >= 15 is 0 Å². The molecule has 7 heteroatoms. The second-order valence-corrected chi connectivity index (χ2v) is 4.92. The Labute approximate surface area is 108 Å². The fourth-order valence-corrected chi connectivity index (χ4v) is 2.19. The van der Waals surface area contributed by atoms with Crippen LogP contribution in [0.2, 0.25) is 0 Å². The Morgan fingerprint density at radius 1 is 1.41 bits per heavy atom. The fourth-order valence-electron chi connectivity index (χ4n) is 1.19. The van der Waals surface area contributed by atoms with Gasteiger partial charge in [-0.1, -0.05) is 24.0 Å². The van der Waals surface area contributed by atoms with E-state index < -0.39 is 5.37 Å². The first-order valence-corrected chi connectivity index (χ1v) is 6.04. The van der Waals surface area contributed by atoms with Crippen LogP contribution in [0, 0.1) is 0 Å². The topological polar surface area (TPSA) is 63.1 Å². The van der Waals surface area contributed by atoms with E-state index in [0.717, 1.165) is 5.75 Å². The number of thioether (sulfide) groups is 1. The highest BCUT2D eigenvalue weighted by Crippen LogP contribution is 2.23. The van der Waals surface area contributed by atoms with Gasteiger partial charge in [0.2, 0.25) is 5.37 Å². The van der Waals surface area contributed by atoms with E-state index in [-0.39, 0.29) is 5.91 Å². The molecule has 1 fully saturated rings. The number of carbonyl (C=O) groups is 1. The van der Waals surface area contributed by atoms with Crippen LogP contribution in [-0.4, -0.2) is 22.7 Å². The number of azo groups is 1. The monoisotopic (exact) mass is 267 g/mol. The third-order valence-corrected chi connectivity index (χ3v) is 3.26. The number of ether oxygens (including phenoxy) is 1. The number of rotatable bonds is 3. The van der Waals surface area contributed by atoms with Crippen LogP contribution in [0.3, 0.4) is 0 Å². The summed E-state index contributed by atoms with van der Waals surface area (Å²) in [5.74, 6) is 0.523. The van der Waals surface area contributed by atoms with Crippen molar-refractivity contribution in [2.45, 2.75) is 5.37 Å². The third-order valence-electron chi connectivity index (χ3n) is 2.02. The molecular formula is C10H9N3O2S2. The quantitative estimate of drug-likeness (QED) is 0.674. The molecule has 2 rings (SSSR count). The number of nitrogens with one attached hydrogen (secondary N) is 1. The van der Waals surface area contributed by atoms with E-state index in [1.54, 1.807) is 31.4 Å². The van der Waals surface area contributed by atoms with Gasteiger partial charge in [-0.15, -0.1) is 0 Å². The van der Waals surface area contributed by atoms with Crippen molar-refractivity contribution < 1.29 is 9.53 Å². The average Bonchev–Trinajstić information content (AvgIpc) is 2.66. The minimum Gasteiger partial charge on any atom is -0.497 e. The highest BCUT2D eigenvalue weighted by atomic mass is 32.2. The molecule has 0 bridgehead atoms. The van der Waals surface area contributed by atoms with Gasteiger partial charge in [-0.25, -0.2) is 0 Å². The molecule has 0 saturated carbocycles. The van der Waals surface area contributed by atoms with Crippen LogP contribution in [0.1, 0.15) is 0 Å². The molecule has 1 aliphatic heterocycles. The van der Waals surface area contributed by atoms with Gasteiger partial charge in [-0.3, -0.25) is 4.79 Å². The van der Waals surface area contributed by atoms with E-state index in [1.165, 1.54) is 11.8 Å². The molecule has 17 heavy (non-hydrogen) atoms. The van der Waals surface area contributed by atoms with E-state index in [4.69, 9.17) is 17.0 Å². The van der Waals surface area contributed by atoms with Gasteiger partial charge in [0, 0.05) is 0 Å². The Morgan fingerprint density at radius 3 is 2.65 bits per heavy atom. The minimum absolute atomic E-state index is 0.225. The number of carbonyl (C=O) groups excluding carboxylic acids is 1. The lowest BCUT2D eigenvalue weighted by atomic mass is 10.3. The zero-order valence-corrected chi connectivity index (χ0v) is 10.5. The van der Waals surface area contributed by atoms with Crippen LogP contribution < -0.4 is 10.1 Å². The van der Waals surface area contributed by atoms with Crippen molar-refractivity contribution in [3.8, 4) is 5.75 Å². The lowest BCUT2D eigenvalue weighted by molar-refractivity contribution is -0.118. The van der Waals surface area contributed by atoms with Crippen molar-refractivity contribution in [2.75, 3.05) is 7.11 Å². The van der Waals surface area contributed by atoms with E-state index in [9.17, 15) is 4.79 Å². The van der Waals surface area contributed by atoms with E-state index in [2.05, 4.69) is 15.5 Å². The van der Waals surface area contributed by atoms with Gasteiger partial charge in [-0.2, -0.15) is 10.2 Å². The Kier molecular flexibility index (Phi) is 3.70. The maximum absolute atomic E-state index is 11.3. The molecule has 1 amide bonds. The largest absolute Gasteiger partial charge is 0.497 e. The summed E-state index contributed by atoms with van der Waals surface area (Å²) in [4.78, 5) is 11.3. The summed E-state index contributed by atoms with van der Waals surface area (Å²) < 4.78 is 5.46. The molecule has 0 aromatic heterocycles. The number of methoxy groups -OCH3 is 1. The molecule has 1 heterocycles. The predicted molar refractivity (Wildman–Crippen MR) is 69.6 cm³/mol. The van der Waals surface area contributed by atoms with Gasteiger partial charge in [0.15, 0.2) is 0 Å². The molecule has 0 radical (unpaired) electrons. The van der Waals surface area contributed by atoms with Crippen molar-refractivity contribution in [3.05, 3.63) is 24.3 Å². The van der Waals surface area contributed by atoms with E-state index in [0.29, 0.717) is 10.0 Å². The average molecular weight is 267 g/mol. The summed E-state index contributed by atoms with van der Waals surface area (Å²) in [7, 11) is 1.59. The summed E-state index contributed by atoms with van der Waals surface area (Å²) >= 11 is 6.04. The summed E-state index contributed by atoms with van der Waals surface area (Å²) in [5, 5.41) is 9.83. The highest BCUT2D eigenvalue weighted by molar-refractivity contribution is 8.24. The first-order chi connectivity index (χ1) is 8.19. The number of thiocarbonyl (C=S) groups is 1. The summed E-state index contributed by atoms with van der Waals surface area (Å²) in [5.41, 5.74) is 0.664. The van der Waals surface area contributed by atoms with Gasteiger partial charge in [0.1, 0.15) is 10.1 Å². The summed E-state index contributed by atoms with van der Waals surface area (Å²) in [6.07, 6.45) is 0. The van der Waals surface area contributed by atoms with Crippen molar-refractivity contribution in [3.63, 3.8) is 0 Å². The molecule has 1 N–H and O–H groups in total. The number of hydrogen-bond donors (Lipinski definition) is 1. The Bertz CT molecular complexity index is 473. The second kappa shape index (κ2) is 5.24. The standard InChI is InChI=1S/C10H9N3O2S2/c1-15-7-4-2-6(3-5-7)12-13-9-8(14)11-10(16)17-9/h2-5,9H,1H3,(H,11,14,16). The second-order valence-electron chi connectivity index (χ2n) is 3.16. The lowest BCUT2D eigenvalue weighted by Crippen LogP contribution is -2.22. The van der Waals surface area contributed by atoms with E-state index in [1.807, 2.05) is 0 Å². The molecule has 1 saturated heterocycles. The van der Waals surface area contributed by atoms with Gasteiger partial charge >= 0.3 is 0 Å². The molecule has 1 atom stereocenters. The molecule has 1 aromatic carbocycles. The SMILES string of the molecule is COc1ccc(N=NC2SC(=S)NC2=O)cc1. The van der Waals surface area contributed by atoms with Gasteiger partial charge in [0.05, 0.1) is 12.8 Å². The van der Waals surface area contributed by atoms with Crippen molar-refractivity contribution in [2.24, 2.45) is 10.2 Å². The van der Waals surface area contributed by atoms with Crippen molar-refractivity contribution >= 4 is 39.9 Å². The molecular weight excluding hydrogens is 258 g/mol. The van der Waals surface area contributed by atoms with Crippen LogP contribution in [0.15, 0.2) is 34.5 Å². The normalized spacial score (nSPS) is 19.7. The molecule has 88 valence electrons. The van der Waals surface area contributed by atoms with Crippen LogP contribution >= 0.6 is 24.0 Å².